The highest BCUT2D eigenvalue weighted by Crippen LogP contribution is 2.38. The number of amidine groups is 2. The van der Waals surface area contributed by atoms with E-state index in [9.17, 15) is 4.79 Å². The van der Waals surface area contributed by atoms with E-state index in [4.69, 9.17) is 11.1 Å². The summed E-state index contributed by atoms with van der Waals surface area (Å²) in [5.74, 6) is 0.506. The molecule has 0 unspecified atom stereocenters. The highest BCUT2D eigenvalue weighted by molar-refractivity contribution is 7.79. The fraction of sp³-hybridized carbons (Fsp3) is 0.375. The minimum atomic E-state index is -0.450. The van der Waals surface area contributed by atoms with Crippen LogP contribution in [0.3, 0.4) is 0 Å². The van der Waals surface area contributed by atoms with E-state index in [1.165, 1.54) is 0 Å². The number of carbonyl (C=O) groups is 1. The van der Waals surface area contributed by atoms with Gasteiger partial charge in [0.2, 0.25) is 0 Å². The van der Waals surface area contributed by atoms with Crippen LogP contribution in [0, 0.1) is 12.3 Å². The van der Waals surface area contributed by atoms with Gasteiger partial charge >= 0.3 is 0 Å². The molecule has 0 saturated carbocycles. The van der Waals surface area contributed by atoms with Crippen molar-refractivity contribution in [1.29, 1.82) is 5.41 Å². The van der Waals surface area contributed by atoms with E-state index in [0.717, 1.165) is 60.2 Å². The zero-order chi connectivity index (χ0) is 23.0. The fourth-order valence-electron chi connectivity index (χ4n) is 4.00. The summed E-state index contributed by atoms with van der Waals surface area (Å²) in [5, 5.41) is 14.8. The summed E-state index contributed by atoms with van der Waals surface area (Å²) in [6.45, 7) is 5.40. The Morgan fingerprint density at radius 3 is 2.48 bits per heavy atom. The Bertz CT molecular complexity index is 960. The number of hydrogen-bond donors (Lipinski definition) is 5. The number of hydrogen-bond acceptors (Lipinski definition) is 5. The Labute approximate surface area is 190 Å². The molecule has 0 radical (unpaired) electrons. The summed E-state index contributed by atoms with van der Waals surface area (Å²) in [6, 6.07) is 12.1. The standard InChI is InChI=1S/C23H29N5O.CH4S/c1-15-4-5-18(22(25)28-16(2)24)12-19(15)17-6-7-20(21(13-17)26-3)23(14-29)8-10-27-11-9-23;1-2/h4-7,12-14,26-27H,8-11H2,1-3H3,(H3,24,25,28);2H,1H3. The monoisotopic (exact) mass is 439 g/mol. The third-order valence-electron chi connectivity index (χ3n) is 5.66. The number of nitrogens with two attached hydrogens (primary N) is 1. The fourth-order valence-corrected chi connectivity index (χ4v) is 4.00. The Kier molecular flexibility index (Phi) is 8.83. The minimum Gasteiger partial charge on any atom is -0.388 e. The number of aldehydes is 1. The van der Waals surface area contributed by atoms with E-state index < -0.39 is 5.41 Å². The number of thiol groups is 1. The van der Waals surface area contributed by atoms with Crippen molar-refractivity contribution in [3.63, 3.8) is 0 Å². The number of aryl methyl sites for hydroxylation is 1. The van der Waals surface area contributed by atoms with Crippen LogP contribution in [-0.4, -0.2) is 44.4 Å². The zero-order valence-electron chi connectivity index (χ0n) is 18.7. The molecule has 166 valence electrons. The van der Waals surface area contributed by atoms with Crippen molar-refractivity contribution >= 4 is 36.3 Å². The highest BCUT2D eigenvalue weighted by Gasteiger charge is 2.35. The second kappa shape index (κ2) is 11.1. The maximum absolute atomic E-state index is 12.1. The molecule has 0 aliphatic carbocycles. The lowest BCUT2D eigenvalue weighted by molar-refractivity contribution is -0.113. The highest BCUT2D eigenvalue weighted by atomic mass is 32.1. The molecule has 5 N–H and O–H groups in total. The van der Waals surface area contributed by atoms with Gasteiger partial charge in [-0.25, -0.2) is 4.99 Å². The lowest BCUT2D eigenvalue weighted by atomic mass is 9.73. The summed E-state index contributed by atoms with van der Waals surface area (Å²) < 4.78 is 0. The molecule has 31 heavy (non-hydrogen) atoms. The van der Waals surface area contributed by atoms with Crippen molar-refractivity contribution in [2.75, 3.05) is 31.7 Å². The zero-order valence-corrected chi connectivity index (χ0v) is 19.6. The van der Waals surface area contributed by atoms with E-state index in [2.05, 4.69) is 46.5 Å². The third-order valence-corrected chi connectivity index (χ3v) is 5.66. The van der Waals surface area contributed by atoms with Gasteiger partial charge in [-0.1, -0.05) is 24.3 Å². The minimum absolute atomic E-state index is 0.145. The van der Waals surface area contributed by atoms with Crippen molar-refractivity contribution < 1.29 is 4.79 Å². The number of aliphatic imine (C=N–C) groups is 1. The van der Waals surface area contributed by atoms with Gasteiger partial charge in [0.1, 0.15) is 6.29 Å². The maximum atomic E-state index is 12.1. The molecule has 6 nitrogen and oxygen atoms in total. The molecular formula is C24H33N5OS. The van der Waals surface area contributed by atoms with Gasteiger partial charge in [0.05, 0.1) is 11.3 Å². The molecule has 1 aliphatic heterocycles. The molecular weight excluding hydrogens is 406 g/mol. The summed E-state index contributed by atoms with van der Waals surface area (Å²) in [4.78, 5) is 16.1. The molecule has 0 spiro atoms. The first-order valence-corrected chi connectivity index (χ1v) is 11.2. The largest absolute Gasteiger partial charge is 0.388 e. The normalized spacial score (nSPS) is 15.5. The number of anilines is 1. The molecule has 0 aromatic heterocycles. The summed E-state index contributed by atoms with van der Waals surface area (Å²) in [7, 11) is 1.89. The first-order valence-electron chi connectivity index (χ1n) is 10.3. The SMILES string of the molecule is CNc1cc(-c2cc(C(=N)N=C(C)N)ccc2C)ccc1C1(C=O)CCNCC1.CS. The summed E-state index contributed by atoms with van der Waals surface area (Å²) in [6.07, 6.45) is 4.41. The van der Waals surface area contributed by atoms with E-state index in [1.54, 1.807) is 13.2 Å². The van der Waals surface area contributed by atoms with Crippen molar-refractivity contribution in [2.24, 2.45) is 10.7 Å². The van der Waals surface area contributed by atoms with Crippen LogP contribution in [0.1, 0.15) is 36.5 Å². The summed E-state index contributed by atoms with van der Waals surface area (Å²) in [5.41, 5.74) is 11.1. The molecule has 2 aromatic carbocycles. The van der Waals surface area contributed by atoms with Crippen LogP contribution in [0.25, 0.3) is 11.1 Å². The van der Waals surface area contributed by atoms with E-state index >= 15 is 0 Å². The molecule has 0 bridgehead atoms. The van der Waals surface area contributed by atoms with E-state index in [-0.39, 0.29) is 5.84 Å². The van der Waals surface area contributed by atoms with Crippen LogP contribution in [0.5, 0.6) is 0 Å². The number of nitrogens with zero attached hydrogens (tertiary/aromatic N) is 1. The Morgan fingerprint density at radius 2 is 1.90 bits per heavy atom. The van der Waals surface area contributed by atoms with Crippen LogP contribution >= 0.6 is 12.6 Å². The second-order valence-electron chi connectivity index (χ2n) is 7.67. The lowest BCUT2D eigenvalue weighted by Gasteiger charge is -2.34. The smallest absolute Gasteiger partial charge is 0.153 e. The van der Waals surface area contributed by atoms with E-state index in [0.29, 0.717) is 11.4 Å². The van der Waals surface area contributed by atoms with Crippen molar-refractivity contribution in [3.8, 4) is 11.1 Å². The van der Waals surface area contributed by atoms with Crippen molar-refractivity contribution in [3.05, 3.63) is 53.1 Å². The Hall–Kier alpha value is -2.64. The van der Waals surface area contributed by atoms with Gasteiger partial charge in [-0.05, 0) is 80.4 Å². The van der Waals surface area contributed by atoms with Crippen LogP contribution in [0.4, 0.5) is 5.69 Å². The number of nitrogens with one attached hydrogen (secondary N) is 3. The molecule has 1 saturated heterocycles. The average Bonchev–Trinajstić information content (AvgIpc) is 2.80. The van der Waals surface area contributed by atoms with Gasteiger partial charge < -0.3 is 21.2 Å². The number of piperidine rings is 1. The molecule has 7 heteroatoms. The number of carbonyl (C=O) groups excluding carboxylic acids is 1. The Balaban J connectivity index is 0.00000166. The molecule has 1 aliphatic rings. The molecule has 1 fully saturated rings. The topological polar surface area (TPSA) is 103 Å². The van der Waals surface area contributed by atoms with Gasteiger partial charge in [0.15, 0.2) is 5.84 Å². The van der Waals surface area contributed by atoms with Crippen molar-refractivity contribution in [1.82, 2.24) is 5.32 Å². The third kappa shape index (κ3) is 5.54. The van der Waals surface area contributed by atoms with Gasteiger partial charge in [-0.15, -0.1) is 0 Å². The predicted octanol–water partition coefficient (Wildman–Crippen LogP) is 3.77. The van der Waals surface area contributed by atoms with Gasteiger partial charge in [-0.3, -0.25) is 5.41 Å². The van der Waals surface area contributed by atoms with Crippen LogP contribution in [-0.2, 0) is 10.2 Å². The quantitative estimate of drug-likeness (QED) is 0.212. The van der Waals surface area contributed by atoms with Crippen molar-refractivity contribution in [2.45, 2.75) is 32.1 Å². The van der Waals surface area contributed by atoms with Gasteiger partial charge in [-0.2, -0.15) is 12.6 Å². The first-order chi connectivity index (χ1) is 14.9. The van der Waals surface area contributed by atoms with Gasteiger partial charge in [0.25, 0.3) is 0 Å². The van der Waals surface area contributed by atoms with Crippen LogP contribution < -0.4 is 16.4 Å². The first kappa shape index (κ1) is 24.6. The molecule has 2 aromatic rings. The molecule has 0 atom stereocenters. The molecule has 3 rings (SSSR count). The molecule has 1 heterocycles. The lowest BCUT2D eigenvalue weighted by Crippen LogP contribution is -2.41. The number of rotatable bonds is 5. The average molecular weight is 440 g/mol. The second-order valence-corrected chi connectivity index (χ2v) is 7.67. The van der Waals surface area contributed by atoms with E-state index in [1.807, 2.05) is 32.2 Å². The van der Waals surface area contributed by atoms with Gasteiger partial charge in [0, 0.05) is 18.3 Å². The Morgan fingerprint density at radius 1 is 1.23 bits per heavy atom. The number of benzene rings is 2. The molecule has 0 amide bonds. The summed E-state index contributed by atoms with van der Waals surface area (Å²) >= 11 is 3.53. The van der Waals surface area contributed by atoms with Crippen LogP contribution in [0.15, 0.2) is 41.4 Å². The van der Waals surface area contributed by atoms with Crippen LogP contribution in [0.2, 0.25) is 0 Å². The maximum Gasteiger partial charge on any atom is 0.153 e. The predicted molar refractivity (Wildman–Crippen MR) is 135 cm³/mol.